The molecule has 1 heterocycles. The van der Waals surface area contributed by atoms with Crippen molar-refractivity contribution in [2.24, 2.45) is 0 Å². The van der Waals surface area contributed by atoms with E-state index in [1.807, 2.05) is 60.7 Å². The molecule has 0 atom stereocenters. The Labute approximate surface area is 172 Å². The number of hydrogen-bond acceptors (Lipinski definition) is 5. The fourth-order valence-electron chi connectivity index (χ4n) is 3.01. The Bertz CT molecular complexity index is 1240. The summed E-state index contributed by atoms with van der Waals surface area (Å²) in [5, 5.41) is 16.8. The molecule has 0 aliphatic heterocycles. The van der Waals surface area contributed by atoms with Crippen molar-refractivity contribution >= 4 is 11.6 Å². The van der Waals surface area contributed by atoms with Crippen LogP contribution in [0.1, 0.15) is 0 Å². The van der Waals surface area contributed by atoms with Gasteiger partial charge in [0.2, 0.25) is 5.91 Å². The van der Waals surface area contributed by atoms with E-state index in [1.54, 1.807) is 18.2 Å². The van der Waals surface area contributed by atoms with Gasteiger partial charge in [-0.3, -0.25) is 4.79 Å². The van der Waals surface area contributed by atoms with Gasteiger partial charge in [-0.15, -0.1) is 0 Å². The molecule has 0 aliphatic carbocycles. The van der Waals surface area contributed by atoms with Crippen LogP contribution in [-0.4, -0.2) is 25.8 Å². The second kappa shape index (κ2) is 8.40. The van der Waals surface area contributed by atoms with Crippen LogP contribution in [0.4, 0.5) is 5.69 Å². The number of rotatable bonds is 5. The summed E-state index contributed by atoms with van der Waals surface area (Å²) < 4.78 is 1.02. The van der Waals surface area contributed by atoms with Crippen LogP contribution in [0.3, 0.4) is 0 Å². The van der Waals surface area contributed by atoms with Crippen LogP contribution >= 0.6 is 0 Å². The Hall–Kier alpha value is -4.26. The van der Waals surface area contributed by atoms with E-state index < -0.39 is 11.6 Å². The molecule has 4 rings (SSSR count). The van der Waals surface area contributed by atoms with E-state index in [2.05, 4.69) is 15.4 Å². The number of aromatic hydroxyl groups is 1. The zero-order valence-electron chi connectivity index (χ0n) is 15.9. The number of carbonyl (C=O) groups excluding carboxylic acids is 1. The maximum Gasteiger partial charge on any atom is 0.365 e. The summed E-state index contributed by atoms with van der Waals surface area (Å²) in [6.07, 6.45) is 0. The molecule has 1 aromatic heterocycles. The average Bonchev–Trinajstić information content (AvgIpc) is 2.78. The van der Waals surface area contributed by atoms with Gasteiger partial charge in [0.05, 0.1) is 5.69 Å². The van der Waals surface area contributed by atoms with Crippen LogP contribution in [0.5, 0.6) is 5.75 Å². The molecule has 4 aromatic rings. The van der Waals surface area contributed by atoms with Gasteiger partial charge in [-0.05, 0) is 12.1 Å². The second-order valence-corrected chi connectivity index (χ2v) is 6.55. The largest absolute Gasteiger partial charge is 0.506 e. The van der Waals surface area contributed by atoms with Gasteiger partial charge in [0.1, 0.15) is 23.7 Å². The van der Waals surface area contributed by atoms with E-state index >= 15 is 0 Å². The van der Waals surface area contributed by atoms with Crippen molar-refractivity contribution in [1.82, 2.24) is 14.8 Å². The number of anilines is 1. The predicted octanol–water partition coefficient (Wildman–Crippen LogP) is 3.32. The molecule has 0 aliphatic rings. The van der Waals surface area contributed by atoms with E-state index in [9.17, 15) is 14.7 Å². The molecular weight excluding hydrogens is 380 g/mol. The number of benzene rings is 3. The summed E-state index contributed by atoms with van der Waals surface area (Å²) in [7, 11) is 0. The lowest BCUT2D eigenvalue weighted by Crippen LogP contribution is -2.32. The highest BCUT2D eigenvalue weighted by Gasteiger charge is 2.16. The summed E-state index contributed by atoms with van der Waals surface area (Å²) in [6, 6.07) is 25.0. The van der Waals surface area contributed by atoms with Crippen LogP contribution in [0, 0.1) is 0 Å². The van der Waals surface area contributed by atoms with Crippen LogP contribution in [0.2, 0.25) is 0 Å². The van der Waals surface area contributed by atoms with Gasteiger partial charge in [0.15, 0.2) is 0 Å². The highest BCUT2D eigenvalue weighted by Crippen LogP contribution is 2.27. The van der Waals surface area contributed by atoms with E-state index in [1.165, 1.54) is 6.07 Å². The van der Waals surface area contributed by atoms with Crippen molar-refractivity contribution in [3.8, 4) is 28.3 Å². The third kappa shape index (κ3) is 4.10. The third-order valence-electron chi connectivity index (χ3n) is 4.44. The number of para-hydroxylation sites is 2. The number of nitrogens with zero attached hydrogens (tertiary/aromatic N) is 3. The first-order valence-electron chi connectivity index (χ1n) is 9.29. The molecule has 2 N–H and O–H groups in total. The zero-order valence-corrected chi connectivity index (χ0v) is 15.9. The number of nitrogens with one attached hydrogen (secondary N) is 1. The Morgan fingerprint density at radius 2 is 1.40 bits per heavy atom. The van der Waals surface area contributed by atoms with Gasteiger partial charge in [0.25, 0.3) is 0 Å². The van der Waals surface area contributed by atoms with Gasteiger partial charge in [-0.2, -0.15) is 10.1 Å². The molecule has 0 saturated heterocycles. The highest BCUT2D eigenvalue weighted by molar-refractivity contribution is 5.92. The van der Waals surface area contributed by atoms with Gasteiger partial charge in [0, 0.05) is 11.1 Å². The van der Waals surface area contributed by atoms with Crippen molar-refractivity contribution in [1.29, 1.82) is 0 Å². The van der Waals surface area contributed by atoms with E-state index in [-0.39, 0.29) is 18.0 Å². The maximum absolute atomic E-state index is 12.6. The van der Waals surface area contributed by atoms with E-state index in [4.69, 9.17) is 0 Å². The van der Waals surface area contributed by atoms with E-state index in [0.29, 0.717) is 11.4 Å². The molecule has 7 heteroatoms. The van der Waals surface area contributed by atoms with Crippen LogP contribution in [-0.2, 0) is 11.3 Å². The van der Waals surface area contributed by atoms with Crippen molar-refractivity contribution in [3.63, 3.8) is 0 Å². The van der Waals surface area contributed by atoms with Crippen molar-refractivity contribution in [2.75, 3.05) is 5.32 Å². The molecule has 0 saturated carbocycles. The Morgan fingerprint density at radius 1 is 0.833 bits per heavy atom. The van der Waals surface area contributed by atoms with Gasteiger partial charge < -0.3 is 10.4 Å². The summed E-state index contributed by atoms with van der Waals surface area (Å²) in [5.74, 6) is -0.562. The molecule has 30 heavy (non-hydrogen) atoms. The lowest BCUT2D eigenvalue weighted by molar-refractivity contribution is -0.117. The topological polar surface area (TPSA) is 97.1 Å². The number of carbonyl (C=O) groups is 1. The molecule has 0 fully saturated rings. The molecule has 0 spiro atoms. The summed E-state index contributed by atoms with van der Waals surface area (Å²) in [6.45, 7) is -0.338. The SMILES string of the molecule is O=C(Cn1nc(-c2ccccc2)c(-c2ccccc2)nc1=O)Nc1ccccc1O. The maximum atomic E-state index is 12.6. The first-order valence-corrected chi connectivity index (χ1v) is 9.29. The number of amides is 1. The lowest BCUT2D eigenvalue weighted by Gasteiger charge is -2.12. The number of phenols is 1. The number of phenolic OH excluding ortho intramolecular Hbond substituents is 1. The lowest BCUT2D eigenvalue weighted by atomic mass is 10.0. The quantitative estimate of drug-likeness (QED) is 0.503. The summed E-state index contributed by atoms with van der Waals surface area (Å²) in [5.41, 5.74) is 2.10. The van der Waals surface area contributed by atoms with Crippen molar-refractivity contribution in [2.45, 2.75) is 6.54 Å². The minimum Gasteiger partial charge on any atom is -0.506 e. The van der Waals surface area contributed by atoms with Crippen LogP contribution < -0.4 is 11.0 Å². The number of aromatic nitrogens is 3. The first kappa shape index (κ1) is 19.1. The van der Waals surface area contributed by atoms with Crippen molar-refractivity contribution < 1.29 is 9.90 Å². The van der Waals surface area contributed by atoms with Gasteiger partial charge in [-0.1, -0.05) is 72.8 Å². The molecule has 0 unspecified atom stereocenters. The Kier molecular flexibility index (Phi) is 5.34. The molecule has 3 aromatic carbocycles. The van der Waals surface area contributed by atoms with Crippen molar-refractivity contribution in [3.05, 3.63) is 95.4 Å². The zero-order chi connectivity index (χ0) is 20.9. The molecule has 0 radical (unpaired) electrons. The second-order valence-electron chi connectivity index (χ2n) is 6.55. The smallest absolute Gasteiger partial charge is 0.365 e. The molecule has 0 bridgehead atoms. The van der Waals surface area contributed by atoms with Crippen LogP contribution in [0.25, 0.3) is 22.5 Å². The molecule has 7 nitrogen and oxygen atoms in total. The molecule has 1 amide bonds. The summed E-state index contributed by atoms with van der Waals surface area (Å²) in [4.78, 5) is 29.3. The Morgan fingerprint density at radius 3 is 2.03 bits per heavy atom. The third-order valence-corrected chi connectivity index (χ3v) is 4.44. The van der Waals surface area contributed by atoms with E-state index in [0.717, 1.165) is 15.8 Å². The monoisotopic (exact) mass is 398 g/mol. The fraction of sp³-hybridized carbons (Fsp3) is 0.0435. The predicted molar refractivity (Wildman–Crippen MR) is 114 cm³/mol. The number of hydrogen-bond donors (Lipinski definition) is 2. The normalized spacial score (nSPS) is 10.5. The minimum absolute atomic E-state index is 0.0614. The van der Waals surface area contributed by atoms with Crippen LogP contribution in [0.15, 0.2) is 89.7 Å². The molecular formula is C23H18N4O3. The minimum atomic E-state index is -0.638. The fourth-order valence-corrected chi connectivity index (χ4v) is 3.01. The Balaban J connectivity index is 1.72. The first-order chi connectivity index (χ1) is 14.6. The average molecular weight is 398 g/mol. The van der Waals surface area contributed by atoms with Gasteiger partial charge >= 0.3 is 5.69 Å². The summed E-state index contributed by atoms with van der Waals surface area (Å²) >= 11 is 0. The van der Waals surface area contributed by atoms with Gasteiger partial charge in [-0.25, -0.2) is 9.48 Å². The highest BCUT2D eigenvalue weighted by atomic mass is 16.3. The standard InChI is InChI=1S/C23H18N4O3/c28-19-14-8-7-13-18(19)24-20(29)15-27-23(30)25-21(16-9-3-1-4-10-16)22(26-27)17-11-5-2-6-12-17/h1-14,28H,15H2,(H,24,29). The molecule has 148 valence electrons.